The Morgan fingerprint density at radius 3 is 2.30 bits per heavy atom. The van der Waals surface area contributed by atoms with Gasteiger partial charge in [0.1, 0.15) is 0 Å². The zero-order valence-corrected chi connectivity index (χ0v) is 11.6. The van der Waals surface area contributed by atoms with Gasteiger partial charge in [0, 0.05) is 5.56 Å². The van der Waals surface area contributed by atoms with E-state index in [-0.39, 0.29) is 18.2 Å². The molecule has 0 N–H and O–H groups in total. The van der Waals surface area contributed by atoms with E-state index < -0.39 is 0 Å². The summed E-state index contributed by atoms with van der Waals surface area (Å²) in [6, 6.07) is 15.2. The van der Waals surface area contributed by atoms with Crippen molar-refractivity contribution in [3.05, 3.63) is 59.7 Å². The standard InChI is InChI=1S/C17H16O3/c1-12(18)14-6-8-15(9-7-14)16-5-3-4-13(10-16)11-17(19)20-2/h3-10H,11H2,1-2H3. The van der Waals surface area contributed by atoms with E-state index in [2.05, 4.69) is 4.74 Å². The van der Waals surface area contributed by atoms with Crippen molar-refractivity contribution < 1.29 is 14.3 Å². The van der Waals surface area contributed by atoms with Gasteiger partial charge in [-0.25, -0.2) is 0 Å². The number of hydrogen-bond acceptors (Lipinski definition) is 3. The van der Waals surface area contributed by atoms with Gasteiger partial charge >= 0.3 is 5.97 Å². The van der Waals surface area contributed by atoms with Crippen LogP contribution in [0.3, 0.4) is 0 Å². The Morgan fingerprint density at radius 2 is 1.70 bits per heavy atom. The minimum atomic E-state index is -0.255. The molecule has 20 heavy (non-hydrogen) atoms. The van der Waals surface area contributed by atoms with E-state index in [0.29, 0.717) is 5.56 Å². The smallest absolute Gasteiger partial charge is 0.309 e. The highest BCUT2D eigenvalue weighted by Crippen LogP contribution is 2.21. The van der Waals surface area contributed by atoms with Crippen molar-refractivity contribution in [3.8, 4) is 11.1 Å². The molecule has 0 atom stereocenters. The van der Waals surface area contributed by atoms with E-state index in [9.17, 15) is 9.59 Å². The summed E-state index contributed by atoms with van der Waals surface area (Å²) in [4.78, 5) is 22.5. The van der Waals surface area contributed by atoms with Crippen molar-refractivity contribution in [1.82, 2.24) is 0 Å². The molecule has 0 aliphatic rings. The Bertz CT molecular complexity index is 627. The third kappa shape index (κ3) is 3.32. The molecule has 2 aromatic carbocycles. The molecular formula is C17H16O3. The maximum Gasteiger partial charge on any atom is 0.309 e. The van der Waals surface area contributed by atoms with Gasteiger partial charge in [-0.15, -0.1) is 0 Å². The second kappa shape index (κ2) is 6.15. The molecular weight excluding hydrogens is 252 g/mol. The van der Waals surface area contributed by atoms with Crippen molar-refractivity contribution in [1.29, 1.82) is 0 Å². The predicted octanol–water partition coefficient (Wildman–Crippen LogP) is 3.27. The van der Waals surface area contributed by atoms with Crippen molar-refractivity contribution in [2.45, 2.75) is 13.3 Å². The third-order valence-electron chi connectivity index (χ3n) is 3.13. The Labute approximate surface area is 118 Å². The summed E-state index contributed by atoms with van der Waals surface area (Å²) < 4.78 is 4.67. The second-order valence-corrected chi connectivity index (χ2v) is 4.59. The van der Waals surface area contributed by atoms with Crippen LogP contribution in [-0.2, 0) is 16.0 Å². The molecule has 3 nitrogen and oxygen atoms in total. The van der Waals surface area contributed by atoms with Gasteiger partial charge in [0.15, 0.2) is 5.78 Å². The van der Waals surface area contributed by atoms with Crippen molar-refractivity contribution in [3.63, 3.8) is 0 Å². The summed E-state index contributed by atoms with van der Waals surface area (Å²) in [5.74, 6) is -0.204. The molecule has 0 unspecified atom stereocenters. The van der Waals surface area contributed by atoms with Gasteiger partial charge in [0.25, 0.3) is 0 Å². The molecule has 3 heteroatoms. The molecule has 102 valence electrons. The van der Waals surface area contributed by atoms with Gasteiger partial charge in [-0.1, -0.05) is 48.5 Å². The Hall–Kier alpha value is -2.42. The van der Waals surface area contributed by atoms with Gasteiger partial charge in [-0.05, 0) is 23.6 Å². The molecule has 0 saturated carbocycles. The minimum absolute atomic E-state index is 0.0518. The Kier molecular flexibility index (Phi) is 4.31. The summed E-state index contributed by atoms with van der Waals surface area (Å²) in [5.41, 5.74) is 3.63. The Morgan fingerprint density at radius 1 is 1.00 bits per heavy atom. The molecule has 0 amide bonds. The van der Waals surface area contributed by atoms with Crippen molar-refractivity contribution >= 4 is 11.8 Å². The lowest BCUT2D eigenvalue weighted by Gasteiger charge is -2.06. The van der Waals surface area contributed by atoms with Gasteiger partial charge < -0.3 is 4.74 Å². The molecule has 2 rings (SSSR count). The van der Waals surface area contributed by atoms with E-state index in [1.165, 1.54) is 7.11 Å². The molecule has 0 aliphatic carbocycles. The third-order valence-corrected chi connectivity index (χ3v) is 3.13. The molecule has 2 aromatic rings. The maximum atomic E-state index is 11.3. The SMILES string of the molecule is COC(=O)Cc1cccc(-c2ccc(C(C)=O)cc2)c1. The Balaban J connectivity index is 2.26. The highest BCUT2D eigenvalue weighted by molar-refractivity contribution is 5.94. The van der Waals surface area contributed by atoms with Crippen LogP contribution in [0.15, 0.2) is 48.5 Å². The molecule has 0 heterocycles. The first-order valence-corrected chi connectivity index (χ1v) is 6.37. The van der Waals surface area contributed by atoms with Crippen LogP contribution < -0.4 is 0 Å². The predicted molar refractivity (Wildman–Crippen MR) is 77.6 cm³/mol. The molecule has 0 aliphatic heterocycles. The maximum absolute atomic E-state index is 11.3. The number of methoxy groups -OCH3 is 1. The fraction of sp³-hybridized carbons (Fsp3) is 0.176. The molecule has 0 fully saturated rings. The second-order valence-electron chi connectivity index (χ2n) is 4.59. The van der Waals surface area contributed by atoms with Crippen LogP contribution in [0.5, 0.6) is 0 Å². The lowest BCUT2D eigenvalue weighted by molar-refractivity contribution is -0.139. The van der Waals surface area contributed by atoms with Crippen LogP contribution in [0, 0.1) is 0 Å². The minimum Gasteiger partial charge on any atom is -0.469 e. The quantitative estimate of drug-likeness (QED) is 0.631. The molecule has 0 bridgehead atoms. The van der Waals surface area contributed by atoms with Gasteiger partial charge in [0.2, 0.25) is 0 Å². The number of Topliss-reactive ketones (excluding diaryl/α,β-unsaturated/α-hetero) is 1. The number of ether oxygens (including phenoxy) is 1. The summed E-state index contributed by atoms with van der Waals surface area (Å²) >= 11 is 0. The number of ketones is 1. The summed E-state index contributed by atoms with van der Waals surface area (Å²) in [6.45, 7) is 1.55. The number of carbonyl (C=O) groups excluding carboxylic acids is 2. The molecule has 0 saturated heterocycles. The van der Waals surface area contributed by atoms with Crippen LogP contribution in [0.25, 0.3) is 11.1 Å². The van der Waals surface area contributed by atoms with E-state index in [1.54, 1.807) is 6.92 Å². The largest absolute Gasteiger partial charge is 0.469 e. The lowest BCUT2D eigenvalue weighted by atomic mass is 10.00. The van der Waals surface area contributed by atoms with E-state index in [0.717, 1.165) is 16.7 Å². The van der Waals surface area contributed by atoms with Crippen LogP contribution in [0.1, 0.15) is 22.8 Å². The summed E-state index contributed by atoms with van der Waals surface area (Å²) in [5, 5.41) is 0. The summed E-state index contributed by atoms with van der Waals surface area (Å²) in [6.07, 6.45) is 0.260. The first-order valence-electron chi connectivity index (χ1n) is 6.37. The average Bonchev–Trinajstić information content (AvgIpc) is 2.47. The van der Waals surface area contributed by atoms with Gasteiger partial charge in [-0.2, -0.15) is 0 Å². The van der Waals surface area contributed by atoms with Crippen LogP contribution in [0.4, 0.5) is 0 Å². The zero-order valence-electron chi connectivity index (χ0n) is 11.6. The monoisotopic (exact) mass is 268 g/mol. The van der Waals surface area contributed by atoms with Crippen LogP contribution in [-0.4, -0.2) is 18.9 Å². The molecule has 0 spiro atoms. The van der Waals surface area contributed by atoms with Crippen LogP contribution in [0.2, 0.25) is 0 Å². The summed E-state index contributed by atoms with van der Waals surface area (Å²) in [7, 11) is 1.38. The number of rotatable bonds is 4. The average molecular weight is 268 g/mol. The fourth-order valence-electron chi connectivity index (χ4n) is 2.00. The van der Waals surface area contributed by atoms with Gasteiger partial charge in [-0.3, -0.25) is 9.59 Å². The topological polar surface area (TPSA) is 43.4 Å². The fourth-order valence-corrected chi connectivity index (χ4v) is 2.00. The number of benzene rings is 2. The molecule has 0 aromatic heterocycles. The van der Waals surface area contributed by atoms with E-state index in [4.69, 9.17) is 0 Å². The number of hydrogen-bond donors (Lipinski definition) is 0. The number of esters is 1. The van der Waals surface area contributed by atoms with E-state index in [1.807, 2.05) is 48.5 Å². The number of carbonyl (C=O) groups is 2. The first-order chi connectivity index (χ1) is 9.60. The normalized spacial score (nSPS) is 10.1. The first kappa shape index (κ1) is 14.0. The highest BCUT2D eigenvalue weighted by Gasteiger charge is 2.05. The lowest BCUT2D eigenvalue weighted by Crippen LogP contribution is -2.04. The van der Waals surface area contributed by atoms with E-state index >= 15 is 0 Å². The highest BCUT2D eigenvalue weighted by atomic mass is 16.5. The van der Waals surface area contributed by atoms with Crippen LogP contribution >= 0.6 is 0 Å². The zero-order chi connectivity index (χ0) is 14.5. The van der Waals surface area contributed by atoms with Crippen molar-refractivity contribution in [2.24, 2.45) is 0 Å². The molecule has 0 radical (unpaired) electrons. The van der Waals surface area contributed by atoms with Gasteiger partial charge in [0.05, 0.1) is 13.5 Å². The van der Waals surface area contributed by atoms with Crippen molar-refractivity contribution in [2.75, 3.05) is 7.11 Å².